The van der Waals surface area contributed by atoms with E-state index in [4.69, 9.17) is 5.10 Å². The molecule has 2 atom stereocenters. The number of rotatable bonds is 8. The van der Waals surface area contributed by atoms with Crippen LogP contribution < -0.4 is 15.5 Å². The second-order valence-electron chi connectivity index (χ2n) is 11.7. The van der Waals surface area contributed by atoms with Gasteiger partial charge in [-0.1, -0.05) is 42.5 Å². The van der Waals surface area contributed by atoms with Crippen molar-refractivity contribution in [3.8, 4) is 5.69 Å². The van der Waals surface area contributed by atoms with Gasteiger partial charge >= 0.3 is 6.18 Å². The van der Waals surface area contributed by atoms with Gasteiger partial charge < -0.3 is 10.6 Å². The molecule has 0 fully saturated rings. The van der Waals surface area contributed by atoms with Gasteiger partial charge in [0, 0.05) is 42.3 Å². The van der Waals surface area contributed by atoms with Crippen molar-refractivity contribution in [3.63, 3.8) is 0 Å². The summed E-state index contributed by atoms with van der Waals surface area (Å²) in [4.78, 5) is 44.5. The maximum atomic E-state index is 14.4. The Bertz CT molecular complexity index is 1890. The number of alkyl halides is 3. The summed E-state index contributed by atoms with van der Waals surface area (Å²) in [6, 6.07) is 17.1. The minimum atomic E-state index is -4.68. The van der Waals surface area contributed by atoms with Gasteiger partial charge in [-0.15, -0.1) is 0 Å². The number of hydrogen-bond donors (Lipinski definition) is 2. The molecule has 9 nitrogen and oxygen atoms in total. The van der Waals surface area contributed by atoms with Gasteiger partial charge in [-0.2, -0.15) is 18.3 Å². The van der Waals surface area contributed by atoms with Crippen molar-refractivity contribution in [1.82, 2.24) is 25.3 Å². The predicted octanol–water partition coefficient (Wildman–Crippen LogP) is 4.82. The number of anilines is 1. The number of carbonyl (C=O) groups excluding carboxylic acids is 3. The highest BCUT2D eigenvalue weighted by Crippen LogP contribution is 2.44. The van der Waals surface area contributed by atoms with Crippen molar-refractivity contribution < 1.29 is 31.9 Å². The Balaban J connectivity index is 1.49. The lowest BCUT2D eigenvalue weighted by molar-refractivity contribution is -0.137. The fraction of sp³-hybridized carbons (Fsp3) is 0.257. The summed E-state index contributed by atoms with van der Waals surface area (Å²) >= 11 is 0. The molecule has 4 aromatic rings. The number of fused-ring (bicyclic) bond motifs is 1. The van der Waals surface area contributed by atoms with Crippen LogP contribution in [0.1, 0.15) is 45.6 Å². The summed E-state index contributed by atoms with van der Waals surface area (Å²) in [5, 5.41) is 10.5. The SMILES string of the molecule is CCN1C(=O)[C@@H](NC(=O)c2cccc(C(F)(F)F)c2)[C@@H](c2ccc(F)cc2)c2c(CNC(=O)C3=CCN(C)C3)nn(-c3ccccc3)c21. The number of likely N-dealkylation sites (N-methyl/N-ethyl adjacent to an activating group) is 2. The quantitative estimate of drug-likeness (QED) is 0.265. The third-order valence-electron chi connectivity index (χ3n) is 8.49. The summed E-state index contributed by atoms with van der Waals surface area (Å²) in [5.41, 5.74) is 1.28. The summed E-state index contributed by atoms with van der Waals surface area (Å²) < 4.78 is 56.3. The van der Waals surface area contributed by atoms with Crippen LogP contribution in [0, 0.1) is 5.82 Å². The average Bonchev–Trinajstić information content (AvgIpc) is 3.68. The number of nitrogens with zero attached hydrogens (tertiary/aromatic N) is 4. The van der Waals surface area contributed by atoms with E-state index in [9.17, 15) is 31.9 Å². The van der Waals surface area contributed by atoms with Crippen molar-refractivity contribution in [2.45, 2.75) is 31.6 Å². The van der Waals surface area contributed by atoms with Crippen LogP contribution in [-0.4, -0.2) is 65.1 Å². The third kappa shape index (κ3) is 6.33. The predicted molar refractivity (Wildman–Crippen MR) is 170 cm³/mol. The minimum Gasteiger partial charge on any atom is -0.347 e. The fourth-order valence-electron chi connectivity index (χ4n) is 6.17. The van der Waals surface area contributed by atoms with Crippen LogP contribution in [0.15, 0.2) is 90.5 Å². The normalized spacial score (nSPS) is 18.0. The molecular formula is C35H32F4N6O3. The first-order chi connectivity index (χ1) is 23.0. The first kappa shape index (κ1) is 32.6. The zero-order chi connectivity index (χ0) is 34.2. The molecule has 248 valence electrons. The molecule has 1 aromatic heterocycles. The van der Waals surface area contributed by atoms with Gasteiger partial charge in [0.15, 0.2) is 0 Å². The van der Waals surface area contributed by atoms with Crippen LogP contribution in [0.3, 0.4) is 0 Å². The zero-order valence-corrected chi connectivity index (χ0v) is 26.1. The molecule has 0 unspecified atom stereocenters. The van der Waals surface area contributed by atoms with Gasteiger partial charge in [0.1, 0.15) is 17.7 Å². The summed E-state index contributed by atoms with van der Waals surface area (Å²) in [6.07, 6.45) is -2.84. The van der Waals surface area contributed by atoms with Gasteiger partial charge in [0.25, 0.3) is 11.8 Å². The van der Waals surface area contributed by atoms with Gasteiger partial charge in [-0.25, -0.2) is 9.07 Å². The van der Waals surface area contributed by atoms with Crippen LogP contribution in [0.2, 0.25) is 0 Å². The van der Waals surface area contributed by atoms with E-state index in [1.165, 1.54) is 35.2 Å². The number of carbonyl (C=O) groups is 3. The number of amides is 3. The number of para-hydroxylation sites is 1. The molecule has 0 spiro atoms. The molecule has 3 heterocycles. The molecule has 48 heavy (non-hydrogen) atoms. The Hall–Kier alpha value is -5.30. The molecule has 0 bridgehead atoms. The Morgan fingerprint density at radius 1 is 0.979 bits per heavy atom. The fourth-order valence-corrected chi connectivity index (χ4v) is 6.17. The van der Waals surface area contributed by atoms with E-state index in [1.807, 2.05) is 48.4 Å². The van der Waals surface area contributed by atoms with Gasteiger partial charge in [0.05, 0.1) is 23.5 Å². The van der Waals surface area contributed by atoms with Crippen molar-refractivity contribution in [1.29, 1.82) is 0 Å². The van der Waals surface area contributed by atoms with Crippen molar-refractivity contribution in [2.24, 2.45) is 0 Å². The smallest absolute Gasteiger partial charge is 0.347 e. The van der Waals surface area contributed by atoms with Crippen LogP contribution in [0.25, 0.3) is 5.69 Å². The second-order valence-corrected chi connectivity index (χ2v) is 11.7. The topological polar surface area (TPSA) is 99.6 Å². The molecule has 0 saturated heterocycles. The maximum absolute atomic E-state index is 14.4. The van der Waals surface area contributed by atoms with Crippen molar-refractivity contribution in [3.05, 3.63) is 124 Å². The minimum absolute atomic E-state index is 0.0419. The van der Waals surface area contributed by atoms with E-state index in [2.05, 4.69) is 10.6 Å². The van der Waals surface area contributed by atoms with Crippen LogP contribution in [-0.2, 0) is 22.3 Å². The van der Waals surface area contributed by atoms with E-state index in [-0.39, 0.29) is 24.6 Å². The molecule has 0 saturated carbocycles. The summed E-state index contributed by atoms with van der Waals surface area (Å²) in [7, 11) is 1.89. The Kier molecular flexibility index (Phi) is 8.89. The molecule has 13 heteroatoms. The van der Waals surface area contributed by atoms with E-state index >= 15 is 0 Å². The van der Waals surface area contributed by atoms with Gasteiger partial charge in [-0.3, -0.25) is 24.2 Å². The molecule has 2 aliphatic rings. The number of benzene rings is 3. The first-order valence-electron chi connectivity index (χ1n) is 15.3. The molecule has 2 N–H and O–H groups in total. The largest absolute Gasteiger partial charge is 0.416 e. The third-order valence-corrected chi connectivity index (χ3v) is 8.49. The monoisotopic (exact) mass is 660 g/mol. The van der Waals surface area contributed by atoms with E-state index in [0.29, 0.717) is 47.0 Å². The van der Waals surface area contributed by atoms with E-state index in [1.54, 1.807) is 11.6 Å². The lowest BCUT2D eigenvalue weighted by Gasteiger charge is -2.38. The first-order valence-corrected chi connectivity index (χ1v) is 15.3. The molecule has 6 rings (SSSR count). The van der Waals surface area contributed by atoms with Crippen LogP contribution >= 0.6 is 0 Å². The molecule has 0 aliphatic carbocycles. The zero-order valence-electron chi connectivity index (χ0n) is 26.1. The molecular weight excluding hydrogens is 628 g/mol. The van der Waals surface area contributed by atoms with Crippen molar-refractivity contribution in [2.75, 3.05) is 31.6 Å². The molecule has 3 amide bonds. The molecule has 3 aromatic carbocycles. The highest BCUT2D eigenvalue weighted by molar-refractivity contribution is 6.05. The standard InChI is InChI=1S/C35H32F4N6O3/c1-3-44-33-29(27(42-45(33)26-10-5-4-6-11-26)19-40-31(46)23-16-17-43(2)20-23)28(21-12-14-25(36)15-13-21)30(34(44)48)41-32(47)22-8-7-9-24(18-22)35(37,38)39/h4-16,18,28,30H,3,17,19-20H2,1-2H3,(H,40,46)(H,41,47)/t28-,30-/m0/s1. The van der Waals surface area contributed by atoms with Crippen LogP contribution in [0.5, 0.6) is 0 Å². The molecule has 0 radical (unpaired) electrons. The number of aromatic nitrogens is 2. The average molecular weight is 661 g/mol. The highest BCUT2D eigenvalue weighted by atomic mass is 19.4. The van der Waals surface area contributed by atoms with E-state index in [0.717, 1.165) is 18.2 Å². The number of nitrogens with one attached hydrogen (secondary N) is 2. The summed E-state index contributed by atoms with van der Waals surface area (Å²) in [6.45, 7) is 2.97. The number of hydrogen-bond acceptors (Lipinski definition) is 5. The van der Waals surface area contributed by atoms with E-state index < -0.39 is 41.3 Å². The summed E-state index contributed by atoms with van der Waals surface area (Å²) in [5.74, 6) is -2.79. The lowest BCUT2D eigenvalue weighted by Crippen LogP contribution is -2.55. The Morgan fingerprint density at radius 3 is 2.35 bits per heavy atom. The highest BCUT2D eigenvalue weighted by Gasteiger charge is 2.46. The number of halogens is 4. The molecule has 2 aliphatic heterocycles. The lowest BCUT2D eigenvalue weighted by atomic mass is 9.80. The Labute approximate surface area is 273 Å². The second kappa shape index (κ2) is 13.1. The maximum Gasteiger partial charge on any atom is 0.416 e. The van der Waals surface area contributed by atoms with Gasteiger partial charge in [-0.05, 0) is 62.0 Å². The van der Waals surface area contributed by atoms with Gasteiger partial charge in [0.2, 0.25) is 5.91 Å². The van der Waals surface area contributed by atoms with Crippen molar-refractivity contribution >= 4 is 23.5 Å². The Morgan fingerprint density at radius 2 is 1.71 bits per heavy atom. The van der Waals surface area contributed by atoms with Crippen LogP contribution in [0.4, 0.5) is 23.4 Å².